The lowest BCUT2D eigenvalue weighted by atomic mass is 9.79. The molecular formula is C15H27N3O2. The lowest BCUT2D eigenvalue weighted by Gasteiger charge is -2.35. The van der Waals surface area contributed by atoms with E-state index in [9.17, 15) is 0 Å². The van der Waals surface area contributed by atoms with Crippen molar-refractivity contribution in [1.29, 1.82) is 0 Å². The van der Waals surface area contributed by atoms with E-state index >= 15 is 0 Å². The molecule has 1 aromatic rings. The first kappa shape index (κ1) is 15.4. The molecule has 2 N–H and O–H groups in total. The Bertz CT molecular complexity index is 398. The highest BCUT2D eigenvalue weighted by atomic mass is 16.5. The van der Waals surface area contributed by atoms with Crippen molar-refractivity contribution in [3.8, 4) is 0 Å². The van der Waals surface area contributed by atoms with Gasteiger partial charge in [0.25, 0.3) is 0 Å². The molecule has 1 heterocycles. The normalized spacial score (nSPS) is 26.9. The van der Waals surface area contributed by atoms with Crippen molar-refractivity contribution in [2.75, 3.05) is 13.7 Å². The van der Waals surface area contributed by atoms with Gasteiger partial charge in [-0.2, -0.15) is 4.98 Å². The number of aryl methyl sites for hydroxylation is 1. The Morgan fingerprint density at radius 3 is 2.70 bits per heavy atom. The van der Waals surface area contributed by atoms with E-state index < -0.39 is 0 Å². The van der Waals surface area contributed by atoms with Crippen LogP contribution in [0.3, 0.4) is 0 Å². The Balaban J connectivity index is 1.95. The zero-order chi connectivity index (χ0) is 14.4. The van der Waals surface area contributed by atoms with Crippen molar-refractivity contribution < 1.29 is 9.26 Å². The fourth-order valence-electron chi connectivity index (χ4n) is 2.89. The smallest absolute Gasteiger partial charge is 0.226 e. The lowest BCUT2D eigenvalue weighted by Crippen LogP contribution is -2.34. The van der Waals surface area contributed by atoms with Crippen molar-refractivity contribution >= 4 is 0 Å². The van der Waals surface area contributed by atoms with Crippen LogP contribution in [0.4, 0.5) is 0 Å². The highest BCUT2D eigenvalue weighted by molar-refractivity contribution is 5.04. The summed E-state index contributed by atoms with van der Waals surface area (Å²) in [7, 11) is 1.76. The van der Waals surface area contributed by atoms with Gasteiger partial charge in [0.2, 0.25) is 11.7 Å². The van der Waals surface area contributed by atoms with Gasteiger partial charge < -0.3 is 15.0 Å². The number of nitrogens with two attached hydrogens (primary N) is 1. The first-order valence-electron chi connectivity index (χ1n) is 7.78. The van der Waals surface area contributed by atoms with E-state index in [1.54, 1.807) is 7.11 Å². The minimum Gasteiger partial charge on any atom is -0.370 e. The van der Waals surface area contributed by atoms with Gasteiger partial charge in [0, 0.05) is 13.5 Å². The van der Waals surface area contributed by atoms with Crippen LogP contribution in [-0.2, 0) is 16.8 Å². The van der Waals surface area contributed by atoms with E-state index in [0.29, 0.717) is 0 Å². The summed E-state index contributed by atoms with van der Waals surface area (Å²) in [5.41, 5.74) is 5.16. The SMILES string of the molecule is COC1(c2noc(CCCCCN)n2)CCC(C)CC1. The van der Waals surface area contributed by atoms with Crippen molar-refractivity contribution in [2.24, 2.45) is 11.7 Å². The van der Waals surface area contributed by atoms with Crippen molar-refractivity contribution in [3.63, 3.8) is 0 Å². The first-order chi connectivity index (χ1) is 9.70. The summed E-state index contributed by atoms with van der Waals surface area (Å²) in [6, 6.07) is 0. The maximum atomic E-state index is 5.77. The summed E-state index contributed by atoms with van der Waals surface area (Å²) >= 11 is 0. The molecule has 0 unspecified atom stereocenters. The van der Waals surface area contributed by atoms with Crippen molar-refractivity contribution in [2.45, 2.75) is 63.9 Å². The maximum absolute atomic E-state index is 5.77. The molecule has 0 bridgehead atoms. The van der Waals surface area contributed by atoms with Crippen LogP contribution >= 0.6 is 0 Å². The summed E-state index contributed by atoms with van der Waals surface area (Å²) in [6.07, 6.45) is 8.34. The molecule has 0 radical (unpaired) electrons. The highest BCUT2D eigenvalue weighted by Gasteiger charge is 2.40. The number of nitrogens with zero attached hydrogens (tertiary/aromatic N) is 2. The van der Waals surface area contributed by atoms with E-state index in [1.807, 2.05) is 0 Å². The van der Waals surface area contributed by atoms with Gasteiger partial charge in [-0.25, -0.2) is 0 Å². The number of aromatic nitrogens is 2. The summed E-state index contributed by atoms with van der Waals surface area (Å²) in [4.78, 5) is 4.57. The molecule has 1 saturated carbocycles. The van der Waals surface area contributed by atoms with E-state index in [2.05, 4.69) is 17.1 Å². The molecule has 20 heavy (non-hydrogen) atoms. The van der Waals surface area contributed by atoms with Gasteiger partial charge in [-0.1, -0.05) is 18.5 Å². The maximum Gasteiger partial charge on any atom is 0.226 e. The molecule has 1 aliphatic rings. The highest BCUT2D eigenvalue weighted by Crippen LogP contribution is 2.40. The van der Waals surface area contributed by atoms with E-state index in [1.165, 1.54) is 0 Å². The van der Waals surface area contributed by atoms with Gasteiger partial charge in [-0.3, -0.25) is 0 Å². The number of hydrogen-bond acceptors (Lipinski definition) is 5. The number of ether oxygens (including phenoxy) is 1. The Labute approximate surface area is 121 Å². The molecule has 0 amide bonds. The monoisotopic (exact) mass is 281 g/mol. The van der Waals surface area contributed by atoms with Crippen LogP contribution in [0.25, 0.3) is 0 Å². The molecule has 5 heteroatoms. The van der Waals surface area contributed by atoms with Crippen molar-refractivity contribution in [1.82, 2.24) is 10.1 Å². The topological polar surface area (TPSA) is 74.2 Å². The van der Waals surface area contributed by atoms with Crippen LogP contribution in [0, 0.1) is 5.92 Å². The molecule has 1 fully saturated rings. The van der Waals surface area contributed by atoms with Gasteiger partial charge in [-0.05, 0) is 51.0 Å². The van der Waals surface area contributed by atoms with Crippen LogP contribution in [0.2, 0.25) is 0 Å². The third-order valence-electron chi connectivity index (χ3n) is 4.44. The van der Waals surface area contributed by atoms with E-state index in [0.717, 1.165) is 75.5 Å². The average molecular weight is 281 g/mol. The van der Waals surface area contributed by atoms with Gasteiger partial charge in [0.05, 0.1) is 0 Å². The van der Waals surface area contributed by atoms with Gasteiger partial charge in [-0.15, -0.1) is 0 Å². The second-order valence-corrected chi connectivity index (χ2v) is 5.99. The Morgan fingerprint density at radius 1 is 1.30 bits per heavy atom. The number of methoxy groups -OCH3 is 1. The van der Waals surface area contributed by atoms with E-state index in [4.69, 9.17) is 15.0 Å². The molecule has 0 aromatic carbocycles. The quantitative estimate of drug-likeness (QED) is 0.778. The van der Waals surface area contributed by atoms with Crippen LogP contribution in [-0.4, -0.2) is 23.8 Å². The van der Waals surface area contributed by atoms with Crippen molar-refractivity contribution in [3.05, 3.63) is 11.7 Å². The molecular weight excluding hydrogens is 254 g/mol. The predicted octanol–water partition coefficient (Wildman–Crippen LogP) is 2.79. The van der Waals surface area contributed by atoms with Crippen LogP contribution < -0.4 is 5.73 Å². The molecule has 114 valence electrons. The molecule has 5 nitrogen and oxygen atoms in total. The summed E-state index contributed by atoms with van der Waals surface area (Å²) in [5, 5.41) is 4.17. The molecule has 1 aliphatic carbocycles. The third-order valence-corrected chi connectivity index (χ3v) is 4.44. The van der Waals surface area contributed by atoms with Crippen LogP contribution in [0.5, 0.6) is 0 Å². The van der Waals surface area contributed by atoms with Crippen LogP contribution in [0.1, 0.15) is 63.6 Å². The van der Waals surface area contributed by atoms with Gasteiger partial charge in [0.15, 0.2) is 0 Å². The fourth-order valence-corrected chi connectivity index (χ4v) is 2.89. The minimum absolute atomic E-state index is 0.328. The minimum atomic E-state index is -0.328. The lowest BCUT2D eigenvalue weighted by molar-refractivity contribution is -0.0609. The third kappa shape index (κ3) is 3.58. The van der Waals surface area contributed by atoms with Gasteiger partial charge >= 0.3 is 0 Å². The second kappa shape index (κ2) is 7.18. The predicted molar refractivity (Wildman–Crippen MR) is 77.2 cm³/mol. The zero-order valence-electron chi connectivity index (χ0n) is 12.7. The zero-order valence-corrected chi connectivity index (χ0v) is 12.7. The standard InChI is InChI=1S/C15H27N3O2/c1-12-7-9-15(19-2,10-8-12)14-17-13(20-18-14)6-4-3-5-11-16/h12H,3-11,16H2,1-2H3. The first-order valence-corrected chi connectivity index (χ1v) is 7.78. The number of unbranched alkanes of at least 4 members (excludes halogenated alkanes) is 2. The molecule has 0 aliphatic heterocycles. The molecule has 0 atom stereocenters. The Hall–Kier alpha value is -0.940. The molecule has 0 saturated heterocycles. The Morgan fingerprint density at radius 2 is 2.05 bits per heavy atom. The fraction of sp³-hybridized carbons (Fsp3) is 0.867. The average Bonchev–Trinajstić information content (AvgIpc) is 2.94. The summed E-state index contributed by atoms with van der Waals surface area (Å²) < 4.78 is 11.1. The second-order valence-electron chi connectivity index (χ2n) is 5.99. The Kier molecular flexibility index (Phi) is 5.54. The van der Waals surface area contributed by atoms with Gasteiger partial charge in [0.1, 0.15) is 5.60 Å². The summed E-state index contributed by atoms with van der Waals surface area (Å²) in [6.45, 7) is 3.04. The molecule has 1 aromatic heterocycles. The number of hydrogen-bond donors (Lipinski definition) is 1. The van der Waals surface area contributed by atoms with E-state index in [-0.39, 0.29) is 5.60 Å². The molecule has 2 rings (SSSR count). The van der Waals surface area contributed by atoms with Crippen LogP contribution in [0.15, 0.2) is 4.52 Å². The molecule has 0 spiro atoms. The summed E-state index contributed by atoms with van der Waals surface area (Å²) in [5.74, 6) is 2.23. The number of rotatable bonds is 7. The largest absolute Gasteiger partial charge is 0.370 e.